The molecule has 1 unspecified atom stereocenters. The molecule has 1 aliphatic rings. The summed E-state index contributed by atoms with van der Waals surface area (Å²) in [5.74, 6) is 1.13. The second kappa shape index (κ2) is 10.6. The lowest BCUT2D eigenvalue weighted by atomic mass is 10.1. The molecule has 0 bridgehead atoms. The average molecular weight is 416 g/mol. The molecule has 156 valence electrons. The number of carbonyl (C=O) groups is 1. The fourth-order valence-corrected chi connectivity index (χ4v) is 4.82. The van der Waals surface area contributed by atoms with Gasteiger partial charge in [-0.05, 0) is 50.5 Å². The molecule has 3 rings (SSSR count). The summed E-state index contributed by atoms with van der Waals surface area (Å²) < 4.78 is 23.8. The van der Waals surface area contributed by atoms with Gasteiger partial charge in [0.15, 0.2) is 0 Å². The number of hydrogen-bond acceptors (Lipinski definition) is 4. The van der Waals surface area contributed by atoms with Crippen LogP contribution < -0.4 is 10.1 Å². The van der Waals surface area contributed by atoms with Crippen LogP contribution in [0.25, 0.3) is 0 Å². The van der Waals surface area contributed by atoms with E-state index in [9.17, 15) is 9.00 Å². The summed E-state index contributed by atoms with van der Waals surface area (Å²) in [6.07, 6.45) is 1.98. The van der Waals surface area contributed by atoms with Crippen LogP contribution in [0, 0.1) is 0 Å². The minimum Gasteiger partial charge on any atom is -0.491 e. The number of ether oxygens (including phenoxy) is 2. The first-order chi connectivity index (χ1) is 14.0. The Labute approximate surface area is 175 Å². The van der Waals surface area contributed by atoms with E-state index < -0.39 is 10.8 Å². The van der Waals surface area contributed by atoms with Crippen molar-refractivity contribution in [3.05, 3.63) is 59.7 Å². The third kappa shape index (κ3) is 6.68. The van der Waals surface area contributed by atoms with Crippen molar-refractivity contribution in [1.82, 2.24) is 0 Å². The monoisotopic (exact) mass is 415 g/mol. The maximum absolute atomic E-state index is 12.6. The molecule has 1 heterocycles. The molecular formula is C23H29NO4S. The van der Waals surface area contributed by atoms with Gasteiger partial charge in [-0.15, -0.1) is 0 Å². The molecule has 2 aromatic rings. The van der Waals surface area contributed by atoms with Gasteiger partial charge >= 0.3 is 0 Å². The van der Waals surface area contributed by atoms with E-state index in [1.165, 1.54) is 0 Å². The summed E-state index contributed by atoms with van der Waals surface area (Å²) in [6.45, 7) is 5.31. The molecule has 5 nitrogen and oxygen atoms in total. The highest BCUT2D eigenvalue weighted by molar-refractivity contribution is 7.84. The van der Waals surface area contributed by atoms with Gasteiger partial charge in [-0.25, -0.2) is 0 Å². The highest BCUT2D eigenvalue weighted by Crippen LogP contribution is 2.22. The van der Waals surface area contributed by atoms with Crippen LogP contribution in [-0.2, 0) is 32.5 Å². The normalized spacial score (nSPS) is 15.8. The molecule has 0 aliphatic carbocycles. The number of carbonyl (C=O) groups excluding carboxylic acids is 1. The van der Waals surface area contributed by atoms with Gasteiger partial charge in [0, 0.05) is 46.3 Å². The third-order valence-corrected chi connectivity index (χ3v) is 6.58. The standard InChI is InChI=1S/C23H29NO4S/c1-17(2)28-22-9-4-3-7-19(22)15-23(25)24-20-8-5-6-18(14-20)16-29(26)21-10-12-27-13-11-21/h3-9,14,17,21H,10-13,15-16H2,1-2H3,(H,24,25). The summed E-state index contributed by atoms with van der Waals surface area (Å²) in [4.78, 5) is 12.6. The molecule has 29 heavy (non-hydrogen) atoms. The predicted molar refractivity (Wildman–Crippen MR) is 117 cm³/mol. The number of nitrogens with one attached hydrogen (secondary N) is 1. The van der Waals surface area contributed by atoms with Crippen molar-refractivity contribution in [1.29, 1.82) is 0 Å². The minimum atomic E-state index is -0.928. The van der Waals surface area contributed by atoms with Gasteiger partial charge in [-0.2, -0.15) is 0 Å². The van der Waals surface area contributed by atoms with Crippen molar-refractivity contribution in [2.75, 3.05) is 18.5 Å². The number of hydrogen-bond donors (Lipinski definition) is 1. The van der Waals surface area contributed by atoms with E-state index in [2.05, 4.69) is 5.32 Å². The van der Waals surface area contributed by atoms with Crippen LogP contribution in [0.5, 0.6) is 5.75 Å². The molecule has 1 atom stereocenters. The number of anilines is 1. The highest BCUT2D eigenvalue weighted by Gasteiger charge is 2.20. The topological polar surface area (TPSA) is 64.6 Å². The van der Waals surface area contributed by atoms with E-state index in [0.717, 1.165) is 35.4 Å². The molecule has 0 aromatic heterocycles. The lowest BCUT2D eigenvalue weighted by molar-refractivity contribution is -0.115. The van der Waals surface area contributed by atoms with Crippen LogP contribution in [0.1, 0.15) is 37.8 Å². The van der Waals surface area contributed by atoms with Crippen molar-refractivity contribution < 1.29 is 18.5 Å². The number of para-hydroxylation sites is 1. The maximum Gasteiger partial charge on any atom is 0.228 e. The van der Waals surface area contributed by atoms with Crippen molar-refractivity contribution in [3.8, 4) is 5.75 Å². The first-order valence-corrected chi connectivity index (χ1v) is 11.5. The van der Waals surface area contributed by atoms with Crippen molar-refractivity contribution in [2.45, 2.75) is 50.2 Å². The van der Waals surface area contributed by atoms with Gasteiger partial charge < -0.3 is 14.8 Å². The van der Waals surface area contributed by atoms with E-state index in [1.54, 1.807) is 0 Å². The zero-order chi connectivity index (χ0) is 20.6. The molecule has 1 saturated heterocycles. The number of benzene rings is 2. The van der Waals surface area contributed by atoms with Crippen LogP contribution in [0.2, 0.25) is 0 Å². The summed E-state index contributed by atoms with van der Waals surface area (Å²) in [5, 5.41) is 3.14. The van der Waals surface area contributed by atoms with Gasteiger partial charge in [0.05, 0.1) is 12.5 Å². The second-order valence-corrected chi connectivity index (χ2v) is 9.25. The molecule has 0 spiro atoms. The Morgan fingerprint density at radius 2 is 1.93 bits per heavy atom. The summed E-state index contributed by atoms with van der Waals surface area (Å²) in [5.41, 5.74) is 2.55. The van der Waals surface area contributed by atoms with E-state index in [0.29, 0.717) is 19.0 Å². The molecule has 2 aromatic carbocycles. The van der Waals surface area contributed by atoms with Crippen molar-refractivity contribution >= 4 is 22.4 Å². The highest BCUT2D eigenvalue weighted by atomic mass is 32.2. The molecule has 0 radical (unpaired) electrons. The van der Waals surface area contributed by atoms with Crippen molar-refractivity contribution in [2.24, 2.45) is 0 Å². The summed E-state index contributed by atoms with van der Waals surface area (Å²) in [7, 11) is -0.928. The quantitative estimate of drug-likeness (QED) is 0.706. The predicted octanol–water partition coefficient (Wildman–Crippen LogP) is 4.08. The Morgan fingerprint density at radius 3 is 2.69 bits per heavy atom. The Kier molecular flexibility index (Phi) is 7.83. The summed E-state index contributed by atoms with van der Waals surface area (Å²) in [6, 6.07) is 15.2. The van der Waals surface area contributed by atoms with E-state index in [1.807, 2.05) is 62.4 Å². The van der Waals surface area contributed by atoms with Crippen LogP contribution in [0.3, 0.4) is 0 Å². The molecule has 1 aliphatic heterocycles. The maximum atomic E-state index is 12.6. The largest absolute Gasteiger partial charge is 0.491 e. The fourth-order valence-electron chi connectivity index (χ4n) is 3.36. The number of rotatable bonds is 8. The molecule has 0 saturated carbocycles. The Hall–Kier alpha value is -2.18. The van der Waals surface area contributed by atoms with Gasteiger partial charge in [-0.1, -0.05) is 30.3 Å². The minimum absolute atomic E-state index is 0.0486. The van der Waals surface area contributed by atoms with Crippen LogP contribution in [0.4, 0.5) is 5.69 Å². The van der Waals surface area contributed by atoms with E-state index in [-0.39, 0.29) is 23.7 Å². The molecule has 6 heteroatoms. The fraction of sp³-hybridized carbons (Fsp3) is 0.435. The van der Waals surface area contributed by atoms with Gasteiger partial charge in [0.2, 0.25) is 5.91 Å². The Bertz CT molecular complexity index is 846. The molecule has 1 N–H and O–H groups in total. The zero-order valence-corrected chi connectivity index (χ0v) is 17.9. The Morgan fingerprint density at radius 1 is 1.17 bits per heavy atom. The number of amides is 1. The first-order valence-electron chi connectivity index (χ1n) is 10.1. The average Bonchev–Trinajstić information content (AvgIpc) is 2.70. The smallest absolute Gasteiger partial charge is 0.228 e. The summed E-state index contributed by atoms with van der Waals surface area (Å²) >= 11 is 0. The lowest BCUT2D eigenvalue weighted by Gasteiger charge is -2.21. The SMILES string of the molecule is CC(C)Oc1ccccc1CC(=O)Nc1cccc(CS(=O)C2CCOCC2)c1. The van der Waals surface area contributed by atoms with Crippen LogP contribution in [0.15, 0.2) is 48.5 Å². The van der Waals surface area contributed by atoms with Crippen molar-refractivity contribution in [3.63, 3.8) is 0 Å². The molecule has 1 amide bonds. The molecular weight excluding hydrogens is 386 g/mol. The van der Waals surface area contributed by atoms with Crippen LogP contribution in [-0.4, -0.2) is 34.7 Å². The molecule has 1 fully saturated rings. The zero-order valence-electron chi connectivity index (χ0n) is 17.1. The van der Waals surface area contributed by atoms with E-state index in [4.69, 9.17) is 9.47 Å². The van der Waals surface area contributed by atoms with Gasteiger partial charge in [0.1, 0.15) is 5.75 Å². The first kappa shape index (κ1) is 21.5. The van der Waals surface area contributed by atoms with Gasteiger partial charge in [-0.3, -0.25) is 9.00 Å². The van der Waals surface area contributed by atoms with Crippen LogP contribution >= 0.6 is 0 Å². The Balaban J connectivity index is 1.60. The third-order valence-electron chi connectivity index (χ3n) is 4.75. The van der Waals surface area contributed by atoms with E-state index >= 15 is 0 Å². The lowest BCUT2D eigenvalue weighted by Crippen LogP contribution is -2.25. The second-order valence-electron chi connectivity index (χ2n) is 7.54. The van der Waals surface area contributed by atoms with Gasteiger partial charge in [0.25, 0.3) is 0 Å².